The number of para-hydroxylation sites is 1. The molecule has 5 nitrogen and oxygen atoms in total. The molecule has 1 aromatic heterocycles. The molecule has 0 fully saturated rings. The lowest BCUT2D eigenvalue weighted by Crippen LogP contribution is -2.06. The Morgan fingerprint density at radius 3 is 2.70 bits per heavy atom. The van der Waals surface area contributed by atoms with E-state index in [2.05, 4.69) is 18.8 Å². The fourth-order valence-corrected chi connectivity index (χ4v) is 1.92. The van der Waals surface area contributed by atoms with Crippen LogP contribution in [-0.2, 0) is 16.2 Å². The Morgan fingerprint density at radius 2 is 1.90 bits per heavy atom. The molecule has 2 aromatic rings. The Bertz CT molecular complexity index is 525. The van der Waals surface area contributed by atoms with E-state index in [-0.39, 0.29) is 6.79 Å². The maximum absolute atomic E-state index is 5.69. The van der Waals surface area contributed by atoms with E-state index < -0.39 is 0 Å². The second-order valence-electron chi connectivity index (χ2n) is 4.55. The van der Waals surface area contributed by atoms with E-state index in [0.29, 0.717) is 13.3 Å². The fraction of sp³-hybridized carbons (Fsp3) is 0.533. The van der Waals surface area contributed by atoms with Gasteiger partial charge in [0, 0.05) is 6.61 Å². The molecular formula is C15H22N2O3. The molecule has 1 heterocycles. The first kappa shape index (κ1) is 14.8. The Kier molecular flexibility index (Phi) is 5.83. The first-order valence-corrected chi connectivity index (χ1v) is 7.09. The van der Waals surface area contributed by atoms with Gasteiger partial charge in [0.25, 0.3) is 0 Å². The zero-order chi connectivity index (χ0) is 14.2. The Morgan fingerprint density at radius 1 is 1.10 bits per heavy atom. The van der Waals surface area contributed by atoms with Crippen LogP contribution in [0.25, 0.3) is 11.0 Å². The predicted octanol–water partition coefficient (Wildman–Crippen LogP) is 3.18. The monoisotopic (exact) mass is 278 g/mol. The van der Waals surface area contributed by atoms with Crippen LogP contribution in [0.3, 0.4) is 0 Å². The minimum atomic E-state index is 0.258. The molecule has 0 saturated carbocycles. The summed E-state index contributed by atoms with van der Waals surface area (Å²) < 4.78 is 18.6. The summed E-state index contributed by atoms with van der Waals surface area (Å²) in [5.41, 5.74) is 1.85. The standard InChI is InChI=1S/C15H22N2O3/c1-3-8-18-11-17-10-16-13-6-5-7-14(15(13)17)20-12-19-9-4-2/h5-7,10H,3-4,8-9,11-12H2,1-2H3. The third-order valence-electron chi connectivity index (χ3n) is 2.83. The highest BCUT2D eigenvalue weighted by atomic mass is 16.7. The molecular weight excluding hydrogens is 256 g/mol. The van der Waals surface area contributed by atoms with Crippen molar-refractivity contribution in [1.82, 2.24) is 9.55 Å². The van der Waals surface area contributed by atoms with E-state index in [1.807, 2.05) is 22.8 Å². The molecule has 0 radical (unpaired) electrons. The summed E-state index contributed by atoms with van der Waals surface area (Å²) in [4.78, 5) is 4.36. The van der Waals surface area contributed by atoms with Gasteiger partial charge in [0.05, 0.1) is 18.5 Å². The van der Waals surface area contributed by atoms with Gasteiger partial charge in [0.15, 0.2) is 6.79 Å². The lowest BCUT2D eigenvalue weighted by atomic mass is 10.3. The van der Waals surface area contributed by atoms with Crippen molar-refractivity contribution >= 4 is 11.0 Å². The Hall–Kier alpha value is -1.59. The summed E-state index contributed by atoms with van der Waals surface area (Å²) in [7, 11) is 0. The van der Waals surface area contributed by atoms with Crippen LogP contribution in [0.1, 0.15) is 26.7 Å². The van der Waals surface area contributed by atoms with E-state index in [1.165, 1.54) is 0 Å². The van der Waals surface area contributed by atoms with E-state index in [1.54, 1.807) is 6.33 Å². The molecule has 0 aliphatic heterocycles. The van der Waals surface area contributed by atoms with Gasteiger partial charge in [-0.2, -0.15) is 0 Å². The number of imidazole rings is 1. The maximum Gasteiger partial charge on any atom is 0.189 e. The minimum absolute atomic E-state index is 0.258. The minimum Gasteiger partial charge on any atom is -0.465 e. The largest absolute Gasteiger partial charge is 0.465 e. The highest BCUT2D eigenvalue weighted by molar-refractivity contribution is 5.81. The van der Waals surface area contributed by atoms with Crippen LogP contribution in [0, 0.1) is 0 Å². The first-order chi connectivity index (χ1) is 9.86. The molecule has 0 spiro atoms. The van der Waals surface area contributed by atoms with Crippen LogP contribution >= 0.6 is 0 Å². The SMILES string of the molecule is CCCOCOc1cccc2ncn(COCCC)c12. The lowest BCUT2D eigenvalue weighted by Gasteiger charge is -2.10. The van der Waals surface area contributed by atoms with Crippen LogP contribution in [-0.4, -0.2) is 29.6 Å². The average molecular weight is 278 g/mol. The van der Waals surface area contributed by atoms with Crippen LogP contribution in [0.5, 0.6) is 5.75 Å². The smallest absolute Gasteiger partial charge is 0.189 e. The van der Waals surface area contributed by atoms with E-state index >= 15 is 0 Å². The van der Waals surface area contributed by atoms with Crippen molar-refractivity contribution in [3.63, 3.8) is 0 Å². The third-order valence-corrected chi connectivity index (χ3v) is 2.83. The lowest BCUT2D eigenvalue weighted by molar-refractivity contribution is 0.0160. The van der Waals surface area contributed by atoms with Crippen molar-refractivity contribution in [2.75, 3.05) is 20.0 Å². The number of rotatable bonds is 9. The van der Waals surface area contributed by atoms with Gasteiger partial charge in [0.1, 0.15) is 18.0 Å². The summed E-state index contributed by atoms with van der Waals surface area (Å²) in [6, 6.07) is 5.82. The number of benzene rings is 1. The zero-order valence-electron chi connectivity index (χ0n) is 12.2. The number of hydrogen-bond donors (Lipinski definition) is 0. The number of hydrogen-bond acceptors (Lipinski definition) is 4. The molecule has 0 unspecified atom stereocenters. The number of nitrogens with zero attached hydrogens (tertiary/aromatic N) is 2. The topological polar surface area (TPSA) is 45.5 Å². The molecule has 0 aliphatic carbocycles. The van der Waals surface area contributed by atoms with Gasteiger partial charge in [-0.05, 0) is 25.0 Å². The molecule has 2 rings (SSSR count). The van der Waals surface area contributed by atoms with E-state index in [0.717, 1.165) is 36.2 Å². The van der Waals surface area contributed by atoms with Crippen molar-refractivity contribution in [2.45, 2.75) is 33.4 Å². The molecule has 0 aliphatic rings. The fourth-order valence-electron chi connectivity index (χ4n) is 1.92. The Labute approximate surface area is 119 Å². The molecule has 0 N–H and O–H groups in total. The average Bonchev–Trinajstić information content (AvgIpc) is 2.88. The van der Waals surface area contributed by atoms with Crippen LogP contribution in [0.4, 0.5) is 0 Å². The van der Waals surface area contributed by atoms with Gasteiger partial charge in [-0.3, -0.25) is 0 Å². The molecule has 0 atom stereocenters. The Balaban J connectivity index is 2.09. The normalized spacial score (nSPS) is 11.1. The highest BCUT2D eigenvalue weighted by Crippen LogP contribution is 2.25. The highest BCUT2D eigenvalue weighted by Gasteiger charge is 2.09. The van der Waals surface area contributed by atoms with Gasteiger partial charge in [-0.25, -0.2) is 4.98 Å². The van der Waals surface area contributed by atoms with Crippen molar-refractivity contribution < 1.29 is 14.2 Å². The van der Waals surface area contributed by atoms with Crippen molar-refractivity contribution in [3.05, 3.63) is 24.5 Å². The van der Waals surface area contributed by atoms with E-state index in [9.17, 15) is 0 Å². The molecule has 0 amide bonds. The summed E-state index contributed by atoms with van der Waals surface area (Å²) in [6.07, 6.45) is 3.76. The molecule has 0 saturated heterocycles. The summed E-state index contributed by atoms with van der Waals surface area (Å²) in [5.74, 6) is 0.774. The maximum atomic E-state index is 5.69. The second-order valence-corrected chi connectivity index (χ2v) is 4.55. The van der Waals surface area contributed by atoms with Gasteiger partial charge in [-0.15, -0.1) is 0 Å². The zero-order valence-corrected chi connectivity index (χ0v) is 12.2. The van der Waals surface area contributed by atoms with Crippen molar-refractivity contribution in [3.8, 4) is 5.75 Å². The second kappa shape index (κ2) is 7.87. The molecule has 20 heavy (non-hydrogen) atoms. The summed E-state index contributed by atoms with van der Waals surface area (Å²) >= 11 is 0. The van der Waals surface area contributed by atoms with Gasteiger partial charge in [0.2, 0.25) is 0 Å². The quantitative estimate of drug-likeness (QED) is 0.522. The van der Waals surface area contributed by atoms with Gasteiger partial charge < -0.3 is 18.8 Å². The third kappa shape index (κ3) is 3.71. The molecule has 110 valence electrons. The number of ether oxygens (including phenoxy) is 3. The molecule has 0 bridgehead atoms. The van der Waals surface area contributed by atoms with Crippen LogP contribution in [0.15, 0.2) is 24.5 Å². The van der Waals surface area contributed by atoms with E-state index in [4.69, 9.17) is 14.2 Å². The number of aromatic nitrogens is 2. The van der Waals surface area contributed by atoms with Crippen LogP contribution in [0.2, 0.25) is 0 Å². The summed E-state index contributed by atoms with van der Waals surface area (Å²) in [6.45, 7) is 6.35. The first-order valence-electron chi connectivity index (χ1n) is 7.09. The van der Waals surface area contributed by atoms with Gasteiger partial charge in [-0.1, -0.05) is 19.9 Å². The molecule has 5 heteroatoms. The predicted molar refractivity (Wildman–Crippen MR) is 77.7 cm³/mol. The number of fused-ring (bicyclic) bond motifs is 1. The summed E-state index contributed by atoms with van der Waals surface area (Å²) in [5, 5.41) is 0. The van der Waals surface area contributed by atoms with Crippen molar-refractivity contribution in [2.24, 2.45) is 0 Å². The van der Waals surface area contributed by atoms with Crippen molar-refractivity contribution in [1.29, 1.82) is 0 Å². The molecule has 1 aromatic carbocycles. The van der Waals surface area contributed by atoms with Crippen LogP contribution < -0.4 is 4.74 Å². The van der Waals surface area contributed by atoms with Gasteiger partial charge >= 0.3 is 0 Å².